The van der Waals surface area contributed by atoms with Crippen molar-refractivity contribution in [1.29, 1.82) is 0 Å². The molecule has 2 unspecified atom stereocenters. The van der Waals surface area contributed by atoms with Gasteiger partial charge in [-0.2, -0.15) is 0 Å². The number of aliphatic hydroxyl groups excluding tert-OH is 1. The van der Waals surface area contributed by atoms with E-state index in [1.807, 2.05) is 30.3 Å². The highest BCUT2D eigenvalue weighted by Gasteiger charge is 2.25. The van der Waals surface area contributed by atoms with Crippen LogP contribution in [0.25, 0.3) is 0 Å². The lowest BCUT2D eigenvalue weighted by Crippen LogP contribution is -2.51. The number of benzene rings is 2. The maximum absolute atomic E-state index is 12.3. The van der Waals surface area contributed by atoms with E-state index in [1.165, 1.54) is 22.8 Å². The topological polar surface area (TPSA) is 111 Å². The summed E-state index contributed by atoms with van der Waals surface area (Å²) >= 11 is 1.73. The molecule has 2 atom stereocenters. The SMILES string of the molecule is CC(O)C(NC(=O)c1ccc(C#Cc2ccc(CNCc3cccs3)cc2)cc1)C(=O)NO. The van der Waals surface area contributed by atoms with Gasteiger partial charge in [-0.05, 0) is 60.3 Å². The van der Waals surface area contributed by atoms with Crippen LogP contribution in [0, 0.1) is 11.8 Å². The minimum atomic E-state index is -1.27. The molecule has 0 aliphatic heterocycles. The average Bonchev–Trinajstić information content (AvgIpc) is 3.35. The van der Waals surface area contributed by atoms with Crippen LogP contribution in [0.2, 0.25) is 0 Å². The molecule has 0 saturated carbocycles. The molecule has 5 N–H and O–H groups in total. The lowest BCUT2D eigenvalue weighted by molar-refractivity contribution is -0.133. The molecular formula is C25H25N3O4S. The number of thiophene rings is 1. The number of aliphatic hydroxyl groups is 1. The van der Waals surface area contributed by atoms with Crippen molar-refractivity contribution in [2.24, 2.45) is 0 Å². The van der Waals surface area contributed by atoms with Crippen molar-refractivity contribution in [3.63, 3.8) is 0 Å². The second kappa shape index (κ2) is 11.9. The predicted molar refractivity (Wildman–Crippen MR) is 127 cm³/mol. The van der Waals surface area contributed by atoms with Crippen molar-refractivity contribution < 1.29 is 19.9 Å². The zero-order valence-corrected chi connectivity index (χ0v) is 18.9. The van der Waals surface area contributed by atoms with Gasteiger partial charge < -0.3 is 15.7 Å². The maximum atomic E-state index is 12.3. The molecule has 3 aromatic rings. The number of hydrogen-bond donors (Lipinski definition) is 5. The molecule has 8 heteroatoms. The van der Waals surface area contributed by atoms with Gasteiger partial charge in [-0.25, -0.2) is 5.48 Å². The summed E-state index contributed by atoms with van der Waals surface area (Å²) in [6.45, 7) is 2.97. The van der Waals surface area contributed by atoms with Gasteiger partial charge in [0.2, 0.25) is 0 Å². The van der Waals surface area contributed by atoms with Crippen LogP contribution >= 0.6 is 11.3 Å². The first kappa shape index (κ1) is 24.2. The van der Waals surface area contributed by atoms with E-state index in [-0.39, 0.29) is 0 Å². The summed E-state index contributed by atoms with van der Waals surface area (Å²) in [5.41, 5.74) is 4.52. The van der Waals surface area contributed by atoms with Crippen LogP contribution in [0.15, 0.2) is 66.0 Å². The first-order valence-electron chi connectivity index (χ1n) is 10.3. The number of hydrogen-bond acceptors (Lipinski definition) is 6. The minimum Gasteiger partial charge on any atom is -0.391 e. The van der Waals surface area contributed by atoms with Crippen LogP contribution in [0.4, 0.5) is 0 Å². The Bertz CT molecular complexity index is 1120. The fourth-order valence-corrected chi connectivity index (χ4v) is 3.67. The van der Waals surface area contributed by atoms with Crippen molar-refractivity contribution in [2.75, 3.05) is 0 Å². The van der Waals surface area contributed by atoms with Crippen LogP contribution in [-0.4, -0.2) is 34.3 Å². The summed E-state index contributed by atoms with van der Waals surface area (Å²) in [7, 11) is 0. The number of rotatable bonds is 8. The number of carbonyl (C=O) groups is 2. The fourth-order valence-electron chi connectivity index (χ4n) is 3.00. The molecule has 3 rings (SSSR count). The third-order valence-electron chi connectivity index (χ3n) is 4.82. The highest BCUT2D eigenvalue weighted by atomic mass is 32.1. The monoisotopic (exact) mass is 463 g/mol. The smallest absolute Gasteiger partial charge is 0.268 e. The van der Waals surface area contributed by atoms with Crippen LogP contribution in [-0.2, 0) is 17.9 Å². The molecule has 33 heavy (non-hydrogen) atoms. The molecule has 2 aromatic carbocycles. The molecular weight excluding hydrogens is 438 g/mol. The molecule has 0 fully saturated rings. The van der Waals surface area contributed by atoms with Gasteiger partial charge in [-0.1, -0.05) is 30.0 Å². The number of amides is 2. The van der Waals surface area contributed by atoms with E-state index in [0.717, 1.165) is 24.2 Å². The normalized spacial score (nSPS) is 12.2. The van der Waals surface area contributed by atoms with Crippen molar-refractivity contribution in [3.05, 3.63) is 93.2 Å². The first-order valence-corrected chi connectivity index (χ1v) is 11.2. The molecule has 0 saturated heterocycles. The van der Waals surface area contributed by atoms with Gasteiger partial charge in [0.05, 0.1) is 6.10 Å². The Labute approximate surface area is 196 Å². The standard InChI is InChI=1S/C25H25N3O4S/c1-17(29)23(25(31)28-32)27-24(30)21-12-10-19(11-13-21)5-4-18-6-8-20(9-7-18)15-26-16-22-3-2-14-33-22/h2-3,6-14,17,23,26,29,32H,15-16H2,1H3,(H,27,30)(H,28,31). The fraction of sp³-hybridized carbons (Fsp3) is 0.200. The van der Waals surface area contributed by atoms with Gasteiger partial charge in [0.1, 0.15) is 6.04 Å². The summed E-state index contributed by atoms with van der Waals surface area (Å²) < 4.78 is 0. The highest BCUT2D eigenvalue weighted by Crippen LogP contribution is 2.09. The van der Waals surface area contributed by atoms with Gasteiger partial charge in [0, 0.05) is 34.7 Å². The van der Waals surface area contributed by atoms with Crippen molar-refractivity contribution >= 4 is 23.2 Å². The molecule has 170 valence electrons. The van der Waals surface area contributed by atoms with Crippen molar-refractivity contribution in [3.8, 4) is 11.8 Å². The van der Waals surface area contributed by atoms with Gasteiger partial charge >= 0.3 is 0 Å². The van der Waals surface area contributed by atoms with Crippen molar-refractivity contribution in [2.45, 2.75) is 32.2 Å². The maximum Gasteiger partial charge on any atom is 0.268 e. The summed E-state index contributed by atoms with van der Waals surface area (Å²) in [4.78, 5) is 25.2. The Kier molecular flexibility index (Phi) is 8.75. The molecule has 0 bridgehead atoms. The van der Waals surface area contributed by atoms with Gasteiger partial charge in [-0.3, -0.25) is 14.8 Å². The lowest BCUT2D eigenvalue weighted by atomic mass is 10.1. The molecule has 0 spiro atoms. The van der Waals surface area contributed by atoms with E-state index in [9.17, 15) is 14.7 Å². The zero-order chi connectivity index (χ0) is 23.6. The number of nitrogens with one attached hydrogen (secondary N) is 3. The van der Waals surface area contributed by atoms with Crippen LogP contribution in [0.1, 0.15) is 38.8 Å². The zero-order valence-electron chi connectivity index (χ0n) is 18.0. The number of hydroxylamine groups is 1. The third-order valence-corrected chi connectivity index (χ3v) is 5.70. The second-order valence-electron chi connectivity index (χ2n) is 7.37. The molecule has 2 amide bonds. The Morgan fingerprint density at radius 2 is 1.61 bits per heavy atom. The lowest BCUT2D eigenvalue weighted by Gasteiger charge is -2.19. The van der Waals surface area contributed by atoms with Crippen LogP contribution in [0.5, 0.6) is 0 Å². The van der Waals surface area contributed by atoms with E-state index in [4.69, 9.17) is 5.21 Å². The first-order chi connectivity index (χ1) is 16.0. The molecule has 0 radical (unpaired) electrons. The van der Waals surface area contributed by atoms with Crippen LogP contribution < -0.4 is 16.1 Å². The molecule has 1 aromatic heterocycles. The molecule has 0 aliphatic carbocycles. The Hall–Kier alpha value is -3.48. The van der Waals surface area contributed by atoms with E-state index in [0.29, 0.717) is 5.56 Å². The highest BCUT2D eigenvalue weighted by molar-refractivity contribution is 7.09. The summed E-state index contributed by atoms with van der Waals surface area (Å²) in [5.74, 6) is 4.72. The van der Waals surface area contributed by atoms with Crippen LogP contribution in [0.3, 0.4) is 0 Å². The largest absolute Gasteiger partial charge is 0.391 e. The Balaban J connectivity index is 1.55. The van der Waals surface area contributed by atoms with Gasteiger partial charge in [0.25, 0.3) is 11.8 Å². The Morgan fingerprint density at radius 1 is 0.970 bits per heavy atom. The molecule has 7 nitrogen and oxygen atoms in total. The second-order valence-corrected chi connectivity index (χ2v) is 8.41. The van der Waals surface area contributed by atoms with E-state index in [1.54, 1.807) is 35.6 Å². The van der Waals surface area contributed by atoms with Crippen molar-refractivity contribution in [1.82, 2.24) is 16.1 Å². The molecule has 1 heterocycles. The summed E-state index contributed by atoms with van der Waals surface area (Å²) in [5, 5.41) is 26.2. The predicted octanol–water partition coefficient (Wildman–Crippen LogP) is 2.42. The third kappa shape index (κ3) is 7.27. The van der Waals surface area contributed by atoms with Gasteiger partial charge in [0.15, 0.2) is 0 Å². The number of carbonyl (C=O) groups excluding carboxylic acids is 2. The van der Waals surface area contributed by atoms with E-state index >= 15 is 0 Å². The minimum absolute atomic E-state index is 0.302. The van der Waals surface area contributed by atoms with Gasteiger partial charge in [-0.15, -0.1) is 11.3 Å². The van der Waals surface area contributed by atoms with E-state index in [2.05, 4.69) is 33.9 Å². The summed E-state index contributed by atoms with van der Waals surface area (Å²) in [6, 6.07) is 17.5. The Morgan fingerprint density at radius 3 is 2.15 bits per heavy atom. The quantitative estimate of drug-likeness (QED) is 0.200. The average molecular weight is 464 g/mol. The summed E-state index contributed by atoms with van der Waals surface area (Å²) in [6.07, 6.45) is -1.17. The van der Waals surface area contributed by atoms with E-state index < -0.39 is 24.0 Å². The molecule has 0 aliphatic rings.